The Kier molecular flexibility index (Phi) is 5.79. The quantitative estimate of drug-likeness (QED) is 0.845. The van der Waals surface area contributed by atoms with E-state index >= 15 is 0 Å². The Balaban J connectivity index is 1.73. The molecule has 1 atom stereocenters. The standard InChI is InChI=1S/C15H19F3N2O2/c16-15(17,18)10-22-9-12-5-3-11(4-6-12)8-20-14(21)13-2-1-7-19-13/h3-6,13,19H,1-2,7-10H2,(H,20,21). The van der Waals surface area contributed by atoms with Gasteiger partial charge in [0.1, 0.15) is 6.61 Å². The van der Waals surface area contributed by atoms with Crippen LogP contribution in [0.25, 0.3) is 0 Å². The first-order chi connectivity index (χ1) is 10.4. The van der Waals surface area contributed by atoms with Crippen LogP contribution >= 0.6 is 0 Å². The maximum Gasteiger partial charge on any atom is 0.411 e. The summed E-state index contributed by atoms with van der Waals surface area (Å²) >= 11 is 0. The van der Waals surface area contributed by atoms with E-state index < -0.39 is 12.8 Å². The van der Waals surface area contributed by atoms with Crippen molar-refractivity contribution >= 4 is 5.91 Å². The molecule has 0 aromatic heterocycles. The second kappa shape index (κ2) is 7.60. The van der Waals surface area contributed by atoms with Crippen molar-refractivity contribution in [3.05, 3.63) is 35.4 Å². The highest BCUT2D eigenvalue weighted by molar-refractivity contribution is 5.81. The van der Waals surface area contributed by atoms with Gasteiger partial charge in [0, 0.05) is 6.54 Å². The van der Waals surface area contributed by atoms with Crippen LogP contribution in [0.5, 0.6) is 0 Å². The molecule has 1 amide bonds. The third-order valence-corrected chi connectivity index (χ3v) is 3.40. The van der Waals surface area contributed by atoms with Crippen LogP contribution in [0.15, 0.2) is 24.3 Å². The maximum atomic E-state index is 12.0. The second-order valence-corrected chi connectivity index (χ2v) is 5.29. The molecule has 1 saturated heterocycles. The molecule has 2 N–H and O–H groups in total. The summed E-state index contributed by atoms with van der Waals surface area (Å²) in [6.07, 6.45) is -2.45. The monoisotopic (exact) mass is 316 g/mol. The van der Waals surface area contributed by atoms with Gasteiger partial charge in [0.25, 0.3) is 0 Å². The molecule has 0 bridgehead atoms. The zero-order valence-corrected chi connectivity index (χ0v) is 12.1. The van der Waals surface area contributed by atoms with Crippen molar-refractivity contribution in [2.75, 3.05) is 13.2 Å². The molecular formula is C15H19F3N2O2. The summed E-state index contributed by atoms with van der Waals surface area (Å²) in [6.45, 7) is -0.0667. The van der Waals surface area contributed by atoms with E-state index in [1.165, 1.54) is 0 Å². The largest absolute Gasteiger partial charge is 0.411 e. The van der Waals surface area contributed by atoms with Crippen LogP contribution in [0, 0.1) is 0 Å². The van der Waals surface area contributed by atoms with Crippen molar-refractivity contribution in [1.29, 1.82) is 0 Å². The fourth-order valence-corrected chi connectivity index (χ4v) is 2.26. The third kappa shape index (κ3) is 5.65. The maximum absolute atomic E-state index is 12.0. The van der Waals surface area contributed by atoms with Gasteiger partial charge in [-0.25, -0.2) is 0 Å². The van der Waals surface area contributed by atoms with Crippen LogP contribution in [0.2, 0.25) is 0 Å². The first-order valence-corrected chi connectivity index (χ1v) is 7.17. The van der Waals surface area contributed by atoms with Crippen molar-refractivity contribution < 1.29 is 22.7 Å². The number of benzene rings is 1. The summed E-state index contributed by atoms with van der Waals surface area (Å²) in [5, 5.41) is 5.96. The molecule has 7 heteroatoms. The number of ether oxygens (including phenoxy) is 1. The van der Waals surface area contributed by atoms with Crippen LogP contribution in [0.4, 0.5) is 13.2 Å². The second-order valence-electron chi connectivity index (χ2n) is 5.29. The molecule has 22 heavy (non-hydrogen) atoms. The fourth-order valence-electron chi connectivity index (χ4n) is 2.26. The lowest BCUT2D eigenvalue weighted by molar-refractivity contribution is -0.176. The number of carbonyl (C=O) groups is 1. The molecule has 0 aliphatic carbocycles. The molecule has 1 aliphatic rings. The van der Waals surface area contributed by atoms with E-state index in [0.29, 0.717) is 12.1 Å². The summed E-state index contributed by atoms with van der Waals surface area (Å²) in [6, 6.07) is 6.83. The fraction of sp³-hybridized carbons (Fsp3) is 0.533. The molecule has 1 heterocycles. The SMILES string of the molecule is O=C(NCc1ccc(COCC(F)(F)F)cc1)C1CCCN1. The molecular weight excluding hydrogens is 297 g/mol. The van der Waals surface area contributed by atoms with Crippen LogP contribution in [-0.4, -0.2) is 31.3 Å². The highest BCUT2D eigenvalue weighted by Gasteiger charge is 2.27. The van der Waals surface area contributed by atoms with Gasteiger partial charge in [-0.05, 0) is 30.5 Å². The Morgan fingerprint density at radius 3 is 2.55 bits per heavy atom. The highest BCUT2D eigenvalue weighted by Crippen LogP contribution is 2.16. The third-order valence-electron chi connectivity index (χ3n) is 3.40. The Morgan fingerprint density at radius 1 is 1.27 bits per heavy atom. The first kappa shape index (κ1) is 16.8. The van der Waals surface area contributed by atoms with Gasteiger partial charge < -0.3 is 15.4 Å². The number of alkyl halides is 3. The van der Waals surface area contributed by atoms with Crippen molar-refractivity contribution in [1.82, 2.24) is 10.6 Å². The van der Waals surface area contributed by atoms with Gasteiger partial charge in [-0.2, -0.15) is 13.2 Å². The summed E-state index contributed by atoms with van der Waals surface area (Å²) in [4.78, 5) is 11.8. The van der Waals surface area contributed by atoms with Gasteiger partial charge in [0.2, 0.25) is 5.91 Å². The minimum atomic E-state index is -4.31. The minimum Gasteiger partial charge on any atom is -0.367 e. The van der Waals surface area contributed by atoms with E-state index in [1.807, 2.05) is 0 Å². The van der Waals surface area contributed by atoms with E-state index in [1.54, 1.807) is 24.3 Å². The number of hydrogen-bond acceptors (Lipinski definition) is 3. The van der Waals surface area contributed by atoms with Crippen molar-refractivity contribution in [2.24, 2.45) is 0 Å². The van der Waals surface area contributed by atoms with E-state index in [4.69, 9.17) is 0 Å². The van der Waals surface area contributed by atoms with Crippen molar-refractivity contribution in [2.45, 2.75) is 38.2 Å². The average molecular weight is 316 g/mol. The number of nitrogens with one attached hydrogen (secondary N) is 2. The molecule has 1 aromatic carbocycles. The lowest BCUT2D eigenvalue weighted by Crippen LogP contribution is -2.39. The number of carbonyl (C=O) groups excluding carboxylic acids is 1. The first-order valence-electron chi connectivity index (χ1n) is 7.17. The predicted octanol–water partition coefficient (Wildman–Crippen LogP) is 2.13. The summed E-state index contributed by atoms with van der Waals surface area (Å²) in [5.41, 5.74) is 1.56. The van der Waals surface area contributed by atoms with Gasteiger partial charge in [-0.1, -0.05) is 24.3 Å². The number of rotatable bonds is 6. The summed E-state index contributed by atoms with van der Waals surface area (Å²) in [7, 11) is 0. The lowest BCUT2D eigenvalue weighted by Gasteiger charge is -2.11. The molecule has 0 saturated carbocycles. The van der Waals surface area contributed by atoms with Gasteiger partial charge in [0.15, 0.2) is 0 Å². The Morgan fingerprint density at radius 2 is 1.95 bits per heavy atom. The smallest absolute Gasteiger partial charge is 0.367 e. The molecule has 4 nitrogen and oxygen atoms in total. The normalized spacial score (nSPS) is 18.4. The topological polar surface area (TPSA) is 50.4 Å². The molecule has 2 rings (SSSR count). The van der Waals surface area contributed by atoms with E-state index in [9.17, 15) is 18.0 Å². The van der Waals surface area contributed by atoms with Gasteiger partial charge in [0.05, 0.1) is 12.6 Å². The van der Waals surface area contributed by atoms with E-state index in [0.717, 1.165) is 24.9 Å². The van der Waals surface area contributed by atoms with E-state index in [2.05, 4.69) is 15.4 Å². The van der Waals surface area contributed by atoms with Gasteiger partial charge in [-0.15, -0.1) is 0 Å². The Hall–Kier alpha value is -1.60. The summed E-state index contributed by atoms with van der Waals surface area (Å²) in [5.74, 6) is -0.0184. The minimum absolute atomic E-state index is 0.0184. The molecule has 1 aliphatic heterocycles. The van der Waals surface area contributed by atoms with Crippen molar-refractivity contribution in [3.8, 4) is 0 Å². The van der Waals surface area contributed by atoms with Crippen LogP contribution < -0.4 is 10.6 Å². The van der Waals surface area contributed by atoms with E-state index in [-0.39, 0.29) is 18.6 Å². The zero-order chi connectivity index (χ0) is 16.0. The highest BCUT2D eigenvalue weighted by atomic mass is 19.4. The number of hydrogen-bond donors (Lipinski definition) is 2. The molecule has 0 spiro atoms. The number of halogens is 3. The molecule has 122 valence electrons. The Labute approximate surface area is 127 Å². The lowest BCUT2D eigenvalue weighted by atomic mass is 10.1. The van der Waals surface area contributed by atoms with Gasteiger partial charge in [-0.3, -0.25) is 4.79 Å². The molecule has 1 unspecified atom stereocenters. The van der Waals surface area contributed by atoms with Gasteiger partial charge >= 0.3 is 6.18 Å². The molecule has 1 aromatic rings. The average Bonchev–Trinajstić information content (AvgIpc) is 2.99. The predicted molar refractivity (Wildman–Crippen MR) is 75.0 cm³/mol. The molecule has 1 fully saturated rings. The number of amides is 1. The van der Waals surface area contributed by atoms with Crippen molar-refractivity contribution in [3.63, 3.8) is 0 Å². The molecule has 0 radical (unpaired) electrons. The summed E-state index contributed by atoms with van der Waals surface area (Å²) < 4.78 is 40.5. The Bertz CT molecular complexity index is 483. The van der Waals surface area contributed by atoms with Crippen LogP contribution in [0.1, 0.15) is 24.0 Å². The zero-order valence-electron chi connectivity index (χ0n) is 12.1. The van der Waals surface area contributed by atoms with Crippen LogP contribution in [0.3, 0.4) is 0 Å². The van der Waals surface area contributed by atoms with Crippen LogP contribution in [-0.2, 0) is 22.7 Å².